The van der Waals surface area contributed by atoms with Crippen LogP contribution in [0.1, 0.15) is 32.9 Å². The molecule has 7 nitrogen and oxygen atoms in total. The summed E-state index contributed by atoms with van der Waals surface area (Å²) >= 11 is 0. The van der Waals surface area contributed by atoms with E-state index in [2.05, 4.69) is 20.4 Å². The van der Waals surface area contributed by atoms with E-state index in [-0.39, 0.29) is 18.0 Å². The minimum atomic E-state index is -0.296. The van der Waals surface area contributed by atoms with Gasteiger partial charge in [0.25, 0.3) is 11.5 Å². The summed E-state index contributed by atoms with van der Waals surface area (Å²) in [7, 11) is 0. The van der Waals surface area contributed by atoms with Gasteiger partial charge in [0.1, 0.15) is 5.56 Å². The molecule has 0 spiro atoms. The number of hydrogen-bond acceptors (Lipinski definition) is 4. The first-order valence-corrected chi connectivity index (χ1v) is 7.25. The van der Waals surface area contributed by atoms with Crippen molar-refractivity contribution < 1.29 is 4.79 Å². The number of nitrogens with one attached hydrogen (secondary N) is 2. The highest BCUT2D eigenvalue weighted by Gasteiger charge is 2.18. The maximum absolute atomic E-state index is 12.5. The predicted octanol–water partition coefficient (Wildman–Crippen LogP) is 1.27. The van der Waals surface area contributed by atoms with Gasteiger partial charge in [0.05, 0.1) is 5.69 Å². The molecule has 3 aromatic heterocycles. The van der Waals surface area contributed by atoms with Gasteiger partial charge in [0.15, 0.2) is 5.65 Å². The Kier molecular flexibility index (Phi) is 3.69. The summed E-state index contributed by atoms with van der Waals surface area (Å²) in [5, 5.41) is 7.04. The van der Waals surface area contributed by atoms with Crippen molar-refractivity contribution in [3.63, 3.8) is 0 Å². The van der Waals surface area contributed by atoms with Crippen molar-refractivity contribution in [2.24, 2.45) is 0 Å². The predicted molar refractivity (Wildman–Crippen MR) is 85.4 cm³/mol. The zero-order valence-corrected chi connectivity index (χ0v) is 13.2. The molecule has 0 atom stereocenters. The van der Waals surface area contributed by atoms with Gasteiger partial charge in [-0.05, 0) is 38.5 Å². The SMILES string of the molecule is Cc1cc(C)c(CNC(=O)c2c(C)nn3cccnc23)c(=O)[nH]1. The average Bonchev–Trinajstić information content (AvgIpc) is 2.81. The number of aryl methyl sites for hydroxylation is 3. The number of H-pyrrole nitrogens is 1. The fourth-order valence-electron chi connectivity index (χ4n) is 2.62. The monoisotopic (exact) mass is 311 g/mol. The molecule has 0 fully saturated rings. The molecule has 7 heteroatoms. The summed E-state index contributed by atoms with van der Waals surface area (Å²) in [5.74, 6) is -0.296. The molecule has 3 aromatic rings. The molecule has 118 valence electrons. The van der Waals surface area contributed by atoms with Crippen LogP contribution in [0.5, 0.6) is 0 Å². The number of rotatable bonds is 3. The van der Waals surface area contributed by atoms with Crippen LogP contribution in [0.4, 0.5) is 0 Å². The van der Waals surface area contributed by atoms with Crippen molar-refractivity contribution in [1.29, 1.82) is 0 Å². The van der Waals surface area contributed by atoms with Crippen molar-refractivity contribution in [1.82, 2.24) is 24.9 Å². The van der Waals surface area contributed by atoms with E-state index in [4.69, 9.17) is 0 Å². The fraction of sp³-hybridized carbons (Fsp3) is 0.250. The molecule has 1 amide bonds. The Balaban J connectivity index is 1.88. The summed E-state index contributed by atoms with van der Waals surface area (Å²) in [6, 6.07) is 3.63. The minimum absolute atomic E-state index is 0.157. The third-order valence-electron chi connectivity index (χ3n) is 3.72. The summed E-state index contributed by atoms with van der Waals surface area (Å²) < 4.78 is 1.56. The Bertz CT molecular complexity index is 955. The van der Waals surface area contributed by atoms with Crippen LogP contribution < -0.4 is 10.9 Å². The van der Waals surface area contributed by atoms with E-state index in [9.17, 15) is 9.59 Å². The van der Waals surface area contributed by atoms with E-state index in [0.717, 1.165) is 11.3 Å². The lowest BCUT2D eigenvalue weighted by Gasteiger charge is -2.08. The Morgan fingerprint density at radius 3 is 2.87 bits per heavy atom. The van der Waals surface area contributed by atoms with E-state index in [1.807, 2.05) is 19.9 Å². The molecule has 0 bridgehead atoms. The van der Waals surface area contributed by atoms with Crippen LogP contribution in [0.2, 0.25) is 0 Å². The van der Waals surface area contributed by atoms with Gasteiger partial charge in [-0.1, -0.05) is 0 Å². The Morgan fingerprint density at radius 1 is 1.35 bits per heavy atom. The van der Waals surface area contributed by atoms with Crippen molar-refractivity contribution >= 4 is 11.6 Å². The summed E-state index contributed by atoms with van der Waals surface area (Å²) in [4.78, 5) is 31.4. The second-order valence-corrected chi connectivity index (χ2v) is 5.47. The molecule has 2 N–H and O–H groups in total. The number of fused-ring (bicyclic) bond motifs is 1. The van der Waals surface area contributed by atoms with Gasteiger partial charge in [-0.15, -0.1) is 0 Å². The normalized spacial score (nSPS) is 10.9. The van der Waals surface area contributed by atoms with Crippen LogP contribution in [0.3, 0.4) is 0 Å². The van der Waals surface area contributed by atoms with Crippen LogP contribution >= 0.6 is 0 Å². The van der Waals surface area contributed by atoms with E-state index in [1.165, 1.54) is 0 Å². The molecule has 23 heavy (non-hydrogen) atoms. The zero-order valence-electron chi connectivity index (χ0n) is 13.2. The maximum atomic E-state index is 12.5. The number of aromatic nitrogens is 4. The minimum Gasteiger partial charge on any atom is -0.348 e. The standard InChI is InChI=1S/C16H17N5O2/c1-9-7-10(2)19-15(22)12(9)8-18-16(23)13-11(3)20-21-6-4-5-17-14(13)21/h4-7H,8H2,1-3H3,(H,18,23)(H,19,22). The first-order valence-electron chi connectivity index (χ1n) is 7.25. The number of hydrogen-bond donors (Lipinski definition) is 2. The smallest absolute Gasteiger partial charge is 0.257 e. The van der Waals surface area contributed by atoms with E-state index < -0.39 is 0 Å². The molecular weight excluding hydrogens is 294 g/mol. The highest BCUT2D eigenvalue weighted by atomic mass is 16.2. The molecule has 0 aliphatic rings. The molecular formula is C16H17N5O2. The van der Waals surface area contributed by atoms with Gasteiger partial charge < -0.3 is 10.3 Å². The number of carbonyl (C=O) groups is 1. The third kappa shape index (κ3) is 2.73. The molecule has 0 radical (unpaired) electrons. The lowest BCUT2D eigenvalue weighted by Crippen LogP contribution is -2.28. The Hall–Kier alpha value is -2.96. The third-order valence-corrected chi connectivity index (χ3v) is 3.72. The van der Waals surface area contributed by atoms with Crippen LogP contribution in [0, 0.1) is 20.8 Å². The van der Waals surface area contributed by atoms with Crippen molar-refractivity contribution in [2.75, 3.05) is 0 Å². The largest absolute Gasteiger partial charge is 0.348 e. The van der Waals surface area contributed by atoms with Crippen molar-refractivity contribution in [2.45, 2.75) is 27.3 Å². The highest BCUT2D eigenvalue weighted by molar-refractivity contribution is 6.00. The van der Waals surface area contributed by atoms with Crippen LogP contribution in [-0.2, 0) is 6.54 Å². The molecule has 0 saturated heterocycles. The van der Waals surface area contributed by atoms with Crippen LogP contribution in [0.25, 0.3) is 5.65 Å². The van der Waals surface area contributed by atoms with Crippen molar-refractivity contribution in [3.05, 3.63) is 63.0 Å². The lowest BCUT2D eigenvalue weighted by molar-refractivity contribution is 0.0951. The van der Waals surface area contributed by atoms with Gasteiger partial charge in [-0.25, -0.2) is 9.50 Å². The van der Waals surface area contributed by atoms with E-state index in [1.54, 1.807) is 29.9 Å². The number of amides is 1. The molecule has 0 aromatic carbocycles. The molecule has 3 rings (SSSR count). The van der Waals surface area contributed by atoms with Gasteiger partial charge in [0.2, 0.25) is 0 Å². The molecule has 0 aliphatic carbocycles. The van der Waals surface area contributed by atoms with Crippen molar-refractivity contribution in [3.8, 4) is 0 Å². The number of nitrogens with zero attached hydrogens (tertiary/aromatic N) is 3. The molecule has 0 unspecified atom stereocenters. The number of pyridine rings is 1. The number of carbonyl (C=O) groups excluding carboxylic acids is 1. The average molecular weight is 311 g/mol. The van der Waals surface area contributed by atoms with Gasteiger partial charge in [-0.2, -0.15) is 5.10 Å². The van der Waals surface area contributed by atoms with Gasteiger partial charge in [-0.3, -0.25) is 9.59 Å². The summed E-state index contributed by atoms with van der Waals surface area (Å²) in [6.45, 7) is 5.59. The molecule has 0 saturated carbocycles. The van der Waals surface area contributed by atoms with Gasteiger partial charge in [0, 0.05) is 30.2 Å². The molecule has 3 heterocycles. The zero-order chi connectivity index (χ0) is 16.6. The highest BCUT2D eigenvalue weighted by Crippen LogP contribution is 2.13. The summed E-state index contributed by atoms with van der Waals surface area (Å²) in [6.07, 6.45) is 3.35. The fourth-order valence-corrected chi connectivity index (χ4v) is 2.62. The first kappa shape index (κ1) is 15.0. The second-order valence-electron chi connectivity index (χ2n) is 5.47. The second kappa shape index (κ2) is 5.68. The molecule has 0 aliphatic heterocycles. The van der Waals surface area contributed by atoms with Gasteiger partial charge >= 0.3 is 0 Å². The van der Waals surface area contributed by atoms with Crippen LogP contribution in [-0.4, -0.2) is 25.5 Å². The van der Waals surface area contributed by atoms with E-state index >= 15 is 0 Å². The number of aromatic amines is 1. The maximum Gasteiger partial charge on any atom is 0.257 e. The lowest BCUT2D eigenvalue weighted by atomic mass is 10.1. The first-order chi connectivity index (χ1) is 11.0. The van der Waals surface area contributed by atoms with Crippen LogP contribution in [0.15, 0.2) is 29.3 Å². The van der Waals surface area contributed by atoms with E-state index in [0.29, 0.717) is 22.5 Å². The summed E-state index contributed by atoms with van der Waals surface area (Å²) in [5.41, 5.74) is 3.52. The Labute approximate surface area is 132 Å². The quantitative estimate of drug-likeness (QED) is 0.762. The Morgan fingerprint density at radius 2 is 2.13 bits per heavy atom. The topological polar surface area (TPSA) is 92.2 Å².